The number of hydrogen-bond donors (Lipinski definition) is 0. The van der Waals surface area contributed by atoms with E-state index in [1.54, 1.807) is 17.0 Å². The second-order valence-electron chi connectivity index (χ2n) is 10.2. The highest BCUT2D eigenvalue weighted by molar-refractivity contribution is 5.90. The molecule has 1 aliphatic heterocycles. The van der Waals surface area contributed by atoms with Gasteiger partial charge in [-0.1, -0.05) is 32.1 Å². The quantitative estimate of drug-likeness (QED) is 0.593. The first-order valence-corrected chi connectivity index (χ1v) is 12.0. The first-order valence-electron chi connectivity index (χ1n) is 12.0. The predicted octanol–water partition coefficient (Wildman–Crippen LogP) is 4.33. The molecule has 4 rings (SSSR count). The number of Topliss-reactive ketones (excluding diaryl/α,β-unsaturated/α-hetero) is 1. The summed E-state index contributed by atoms with van der Waals surface area (Å²) >= 11 is 0. The van der Waals surface area contributed by atoms with Gasteiger partial charge in [-0.2, -0.15) is 0 Å². The lowest BCUT2D eigenvalue weighted by molar-refractivity contribution is -0.124. The first-order chi connectivity index (χ1) is 16.2. The number of carbonyl (C=O) groups is 3. The molecule has 2 aliphatic rings. The molecule has 1 aliphatic carbocycles. The fraction of sp³-hybridized carbons (Fsp3) is 0.640. The van der Waals surface area contributed by atoms with Crippen molar-refractivity contribution < 1.29 is 28.3 Å². The van der Waals surface area contributed by atoms with Crippen molar-refractivity contribution in [2.75, 3.05) is 13.7 Å². The number of esters is 1. The van der Waals surface area contributed by atoms with Gasteiger partial charge in [0.2, 0.25) is 5.71 Å². The summed E-state index contributed by atoms with van der Waals surface area (Å²) in [5.41, 5.74) is 0.450. The number of amides is 1. The third-order valence-corrected chi connectivity index (χ3v) is 6.69. The van der Waals surface area contributed by atoms with Crippen molar-refractivity contribution in [1.82, 2.24) is 14.9 Å². The normalized spacial score (nSPS) is 21.6. The van der Waals surface area contributed by atoms with Gasteiger partial charge in [-0.15, -0.1) is 0 Å². The number of oxazole rings is 1. The summed E-state index contributed by atoms with van der Waals surface area (Å²) in [6.07, 6.45) is 6.16. The molecule has 184 valence electrons. The lowest BCUT2D eigenvalue weighted by Gasteiger charge is -2.34. The Morgan fingerprint density at radius 1 is 1.09 bits per heavy atom. The maximum Gasteiger partial charge on any atom is 0.410 e. The topological polar surface area (TPSA) is 112 Å². The van der Waals surface area contributed by atoms with Crippen LogP contribution in [0.4, 0.5) is 4.79 Å². The zero-order valence-corrected chi connectivity index (χ0v) is 20.3. The van der Waals surface area contributed by atoms with Gasteiger partial charge in [0, 0.05) is 6.54 Å². The van der Waals surface area contributed by atoms with Gasteiger partial charge in [-0.3, -0.25) is 9.69 Å². The van der Waals surface area contributed by atoms with E-state index in [-0.39, 0.29) is 29.7 Å². The molecular formula is C25H33N3O6. The van der Waals surface area contributed by atoms with Gasteiger partial charge in [-0.05, 0) is 51.2 Å². The number of pyridine rings is 1. The SMILES string of the molecule is COC(=O)c1nc2ccc(CC(=O)[C@@H]3[C@H](C4CCCCC4)CCN3C(=O)OC(C)(C)C)nc2o1. The Morgan fingerprint density at radius 3 is 2.50 bits per heavy atom. The number of hydrogen-bond acceptors (Lipinski definition) is 8. The van der Waals surface area contributed by atoms with Crippen LogP contribution in [-0.4, -0.2) is 58.0 Å². The first kappa shape index (κ1) is 24.2. The number of ketones is 1. The number of likely N-dealkylation sites (tertiary alicyclic amines) is 1. The van der Waals surface area contributed by atoms with E-state index in [2.05, 4.69) is 14.7 Å². The van der Waals surface area contributed by atoms with E-state index < -0.39 is 23.7 Å². The van der Waals surface area contributed by atoms with Crippen LogP contribution in [0.2, 0.25) is 0 Å². The van der Waals surface area contributed by atoms with E-state index in [1.165, 1.54) is 26.4 Å². The standard InChI is InChI=1S/C25H33N3O6/c1-25(2,3)34-24(31)28-13-12-17(15-8-6-5-7-9-15)20(28)19(29)14-16-10-11-18-21(26-16)33-22(27-18)23(30)32-4/h10-11,15,17,20H,5-9,12-14H2,1-4H3/t17-,20-/m0/s1. The highest BCUT2D eigenvalue weighted by atomic mass is 16.6. The van der Waals surface area contributed by atoms with Crippen LogP contribution in [0.3, 0.4) is 0 Å². The zero-order chi connectivity index (χ0) is 24.5. The Bertz CT molecular complexity index is 1070. The molecule has 0 spiro atoms. The molecule has 34 heavy (non-hydrogen) atoms. The summed E-state index contributed by atoms with van der Waals surface area (Å²) in [4.78, 5) is 48.4. The lowest BCUT2D eigenvalue weighted by atomic mass is 9.75. The van der Waals surface area contributed by atoms with Gasteiger partial charge in [0.05, 0.1) is 25.3 Å². The maximum atomic E-state index is 13.6. The van der Waals surface area contributed by atoms with Crippen LogP contribution in [0.5, 0.6) is 0 Å². The molecular weight excluding hydrogens is 438 g/mol. The molecule has 0 bridgehead atoms. The summed E-state index contributed by atoms with van der Waals surface area (Å²) < 4.78 is 15.7. The molecule has 0 aromatic carbocycles. The molecule has 2 aromatic heterocycles. The zero-order valence-electron chi connectivity index (χ0n) is 20.3. The van der Waals surface area contributed by atoms with Gasteiger partial charge in [0.1, 0.15) is 11.1 Å². The van der Waals surface area contributed by atoms with E-state index in [9.17, 15) is 14.4 Å². The number of aromatic nitrogens is 2. The van der Waals surface area contributed by atoms with Crippen molar-refractivity contribution in [3.63, 3.8) is 0 Å². The Morgan fingerprint density at radius 2 is 1.82 bits per heavy atom. The van der Waals surface area contributed by atoms with Gasteiger partial charge >= 0.3 is 18.0 Å². The molecule has 0 N–H and O–H groups in total. The predicted molar refractivity (Wildman–Crippen MR) is 123 cm³/mol. The molecule has 0 unspecified atom stereocenters. The Labute approximate surface area is 199 Å². The number of nitrogens with zero attached hydrogens (tertiary/aromatic N) is 3. The van der Waals surface area contributed by atoms with E-state index >= 15 is 0 Å². The number of carbonyl (C=O) groups excluding carboxylic acids is 3. The summed E-state index contributed by atoms with van der Waals surface area (Å²) in [6.45, 7) is 6.00. The van der Waals surface area contributed by atoms with Gasteiger partial charge in [0.15, 0.2) is 5.78 Å². The van der Waals surface area contributed by atoms with Crippen LogP contribution in [0.25, 0.3) is 11.2 Å². The van der Waals surface area contributed by atoms with Crippen LogP contribution in [0, 0.1) is 11.8 Å². The van der Waals surface area contributed by atoms with Crippen molar-refractivity contribution in [3.8, 4) is 0 Å². The number of fused-ring (bicyclic) bond motifs is 1. The third-order valence-electron chi connectivity index (χ3n) is 6.69. The summed E-state index contributed by atoms with van der Waals surface area (Å²) in [7, 11) is 1.25. The molecule has 1 saturated carbocycles. The molecule has 3 heterocycles. The van der Waals surface area contributed by atoms with Crippen molar-refractivity contribution in [2.45, 2.75) is 77.4 Å². The van der Waals surface area contributed by atoms with Crippen LogP contribution in [0.1, 0.15) is 75.7 Å². The Hall–Kier alpha value is -2.97. The van der Waals surface area contributed by atoms with Crippen LogP contribution in [0.15, 0.2) is 16.5 Å². The average Bonchev–Trinajstić information content (AvgIpc) is 3.42. The minimum Gasteiger partial charge on any atom is -0.462 e. The Kier molecular flexibility index (Phi) is 6.91. The number of ether oxygens (including phenoxy) is 2. The fourth-order valence-electron chi connectivity index (χ4n) is 5.22. The van der Waals surface area contributed by atoms with Gasteiger partial charge in [-0.25, -0.2) is 19.6 Å². The lowest BCUT2D eigenvalue weighted by Crippen LogP contribution is -2.47. The van der Waals surface area contributed by atoms with Gasteiger partial charge < -0.3 is 13.9 Å². The second-order valence-corrected chi connectivity index (χ2v) is 10.2. The van der Waals surface area contributed by atoms with Crippen molar-refractivity contribution in [2.24, 2.45) is 11.8 Å². The van der Waals surface area contributed by atoms with Crippen LogP contribution in [-0.2, 0) is 20.7 Å². The monoisotopic (exact) mass is 471 g/mol. The number of methoxy groups -OCH3 is 1. The summed E-state index contributed by atoms with van der Waals surface area (Å²) in [5, 5.41) is 0. The second kappa shape index (κ2) is 9.72. The molecule has 1 amide bonds. The van der Waals surface area contributed by atoms with E-state index in [1.807, 2.05) is 20.8 Å². The number of rotatable bonds is 5. The fourth-order valence-corrected chi connectivity index (χ4v) is 5.22. The summed E-state index contributed by atoms with van der Waals surface area (Å²) in [5.74, 6) is -0.371. The molecule has 0 radical (unpaired) electrons. The minimum absolute atomic E-state index is 0.0530. The largest absolute Gasteiger partial charge is 0.462 e. The van der Waals surface area contributed by atoms with E-state index in [4.69, 9.17) is 9.15 Å². The third kappa shape index (κ3) is 5.23. The van der Waals surface area contributed by atoms with Crippen LogP contribution >= 0.6 is 0 Å². The molecule has 2 atom stereocenters. The van der Waals surface area contributed by atoms with E-state index in [0.29, 0.717) is 23.7 Å². The van der Waals surface area contributed by atoms with Crippen molar-refractivity contribution in [1.29, 1.82) is 0 Å². The van der Waals surface area contributed by atoms with Crippen LogP contribution < -0.4 is 0 Å². The smallest absolute Gasteiger partial charge is 0.410 e. The van der Waals surface area contributed by atoms with E-state index in [0.717, 1.165) is 19.3 Å². The molecule has 2 aromatic rings. The Balaban J connectivity index is 1.57. The maximum absolute atomic E-state index is 13.6. The molecule has 1 saturated heterocycles. The van der Waals surface area contributed by atoms with Gasteiger partial charge in [0.25, 0.3) is 0 Å². The average molecular weight is 472 g/mol. The minimum atomic E-state index is -0.690. The highest BCUT2D eigenvalue weighted by Gasteiger charge is 2.46. The highest BCUT2D eigenvalue weighted by Crippen LogP contribution is 2.40. The van der Waals surface area contributed by atoms with Crippen molar-refractivity contribution >= 4 is 29.1 Å². The summed E-state index contributed by atoms with van der Waals surface area (Å²) in [6, 6.07) is 2.84. The molecule has 9 nitrogen and oxygen atoms in total. The molecule has 2 fully saturated rings. The van der Waals surface area contributed by atoms with Crippen molar-refractivity contribution in [3.05, 3.63) is 23.7 Å². The molecule has 9 heteroatoms.